The van der Waals surface area contributed by atoms with E-state index in [9.17, 15) is 27.1 Å². The summed E-state index contributed by atoms with van der Waals surface area (Å²) in [5.41, 5.74) is 1.07. The Morgan fingerprint density at radius 1 is 0.971 bits per heavy atom. The van der Waals surface area contributed by atoms with Crippen molar-refractivity contribution in [3.05, 3.63) is 71.3 Å². The largest absolute Gasteiger partial charge is 0.459 e. The summed E-state index contributed by atoms with van der Waals surface area (Å²) in [6, 6.07) is 14.5. The SMILES string of the molecule is CCCc1nc(C(F)(F)C(F)(F)F)c(CO)n1Cc1ccc(-c2ccccc2-c2nnn[nH]2)cc1. The van der Waals surface area contributed by atoms with Gasteiger partial charge in [-0.2, -0.15) is 22.0 Å². The predicted molar refractivity (Wildman–Crippen MR) is 116 cm³/mol. The lowest BCUT2D eigenvalue weighted by Crippen LogP contribution is -2.35. The topological polar surface area (TPSA) is 92.5 Å². The Hall–Kier alpha value is -3.67. The van der Waals surface area contributed by atoms with Gasteiger partial charge in [0.25, 0.3) is 0 Å². The number of nitrogens with zero attached hydrogens (tertiary/aromatic N) is 5. The lowest BCUT2D eigenvalue weighted by molar-refractivity contribution is -0.291. The molecule has 184 valence electrons. The van der Waals surface area contributed by atoms with Gasteiger partial charge in [-0.1, -0.05) is 55.5 Å². The first kappa shape index (κ1) is 24.5. The van der Waals surface area contributed by atoms with Gasteiger partial charge in [0.2, 0.25) is 0 Å². The smallest absolute Gasteiger partial charge is 0.390 e. The van der Waals surface area contributed by atoms with Crippen molar-refractivity contribution >= 4 is 0 Å². The number of H-pyrrole nitrogens is 1. The highest BCUT2D eigenvalue weighted by Crippen LogP contribution is 2.45. The van der Waals surface area contributed by atoms with Crippen LogP contribution in [0.4, 0.5) is 22.0 Å². The van der Waals surface area contributed by atoms with Crippen molar-refractivity contribution < 1.29 is 27.1 Å². The van der Waals surface area contributed by atoms with E-state index in [1.165, 1.54) is 4.57 Å². The zero-order valence-corrected chi connectivity index (χ0v) is 18.5. The van der Waals surface area contributed by atoms with Gasteiger partial charge >= 0.3 is 12.1 Å². The number of rotatable bonds is 8. The van der Waals surface area contributed by atoms with Crippen LogP contribution in [0.3, 0.4) is 0 Å². The molecule has 0 saturated heterocycles. The van der Waals surface area contributed by atoms with Gasteiger partial charge in [-0.3, -0.25) is 0 Å². The maximum Gasteiger partial charge on any atom is 0.459 e. The van der Waals surface area contributed by atoms with E-state index >= 15 is 0 Å². The lowest BCUT2D eigenvalue weighted by Gasteiger charge is -2.19. The van der Waals surface area contributed by atoms with E-state index in [2.05, 4.69) is 25.6 Å². The van der Waals surface area contributed by atoms with Crippen LogP contribution in [0, 0.1) is 0 Å². The molecule has 0 unspecified atom stereocenters. The van der Waals surface area contributed by atoms with E-state index < -0.39 is 30.1 Å². The molecule has 0 spiro atoms. The Balaban J connectivity index is 1.69. The zero-order valence-electron chi connectivity index (χ0n) is 18.5. The number of halogens is 5. The van der Waals surface area contributed by atoms with Crippen LogP contribution < -0.4 is 0 Å². The molecule has 0 fully saturated rings. The molecule has 0 amide bonds. The van der Waals surface area contributed by atoms with E-state index in [0.29, 0.717) is 17.8 Å². The average Bonchev–Trinajstić information content (AvgIpc) is 3.48. The van der Waals surface area contributed by atoms with Crippen molar-refractivity contribution in [1.29, 1.82) is 0 Å². The minimum absolute atomic E-state index is 0.0277. The molecular formula is C23H21F5N6O. The third-order valence-electron chi connectivity index (χ3n) is 5.56. The highest BCUT2D eigenvalue weighted by Gasteiger charge is 2.61. The van der Waals surface area contributed by atoms with Gasteiger partial charge in [0, 0.05) is 18.5 Å². The highest BCUT2D eigenvalue weighted by atomic mass is 19.4. The first-order valence-corrected chi connectivity index (χ1v) is 10.7. The second kappa shape index (κ2) is 9.53. The van der Waals surface area contributed by atoms with Crippen LogP contribution in [0.1, 0.15) is 36.1 Å². The summed E-state index contributed by atoms with van der Waals surface area (Å²) >= 11 is 0. The van der Waals surface area contributed by atoms with Gasteiger partial charge < -0.3 is 9.67 Å². The van der Waals surface area contributed by atoms with Crippen molar-refractivity contribution in [2.75, 3.05) is 0 Å². The van der Waals surface area contributed by atoms with Gasteiger partial charge in [0.15, 0.2) is 5.82 Å². The lowest BCUT2D eigenvalue weighted by atomic mass is 9.98. The molecule has 0 saturated carbocycles. The number of nitrogens with one attached hydrogen (secondary N) is 1. The molecule has 0 atom stereocenters. The molecule has 35 heavy (non-hydrogen) atoms. The van der Waals surface area contributed by atoms with Crippen LogP contribution >= 0.6 is 0 Å². The number of hydrogen-bond donors (Lipinski definition) is 2. The summed E-state index contributed by atoms with van der Waals surface area (Å²) in [5, 5.41) is 23.6. The van der Waals surface area contributed by atoms with Crippen LogP contribution in [0.15, 0.2) is 48.5 Å². The molecule has 4 rings (SSSR count). The van der Waals surface area contributed by atoms with Crippen LogP contribution in [0.2, 0.25) is 0 Å². The van der Waals surface area contributed by atoms with Crippen LogP contribution in [0.25, 0.3) is 22.5 Å². The minimum atomic E-state index is -5.83. The van der Waals surface area contributed by atoms with Gasteiger partial charge in [-0.15, -0.1) is 5.10 Å². The second-order valence-electron chi connectivity index (χ2n) is 7.88. The summed E-state index contributed by atoms with van der Waals surface area (Å²) in [5.74, 6) is -4.64. The monoisotopic (exact) mass is 492 g/mol. The number of imidazole rings is 1. The number of alkyl halides is 5. The fourth-order valence-corrected chi connectivity index (χ4v) is 3.87. The number of aromatic nitrogens is 6. The number of aliphatic hydroxyl groups excluding tert-OH is 1. The standard InChI is InChI=1S/C23H21F5N6O/c1-2-5-19-29-20(22(24,25)23(26,27)28)18(13-35)34(19)12-14-8-10-15(11-9-14)16-6-3-4-7-17(16)21-30-32-33-31-21/h3-4,6-11,35H,2,5,12-13H2,1H3,(H,30,31,32,33). The van der Waals surface area contributed by atoms with E-state index in [4.69, 9.17) is 0 Å². The summed E-state index contributed by atoms with van der Waals surface area (Å²) in [4.78, 5) is 3.62. The van der Waals surface area contributed by atoms with E-state index in [1.54, 1.807) is 31.2 Å². The number of tetrazole rings is 1. The molecular weight excluding hydrogens is 471 g/mol. The molecule has 0 aliphatic rings. The van der Waals surface area contributed by atoms with Crippen LogP contribution in [-0.2, 0) is 25.5 Å². The normalized spacial score (nSPS) is 12.3. The zero-order chi connectivity index (χ0) is 25.2. The molecule has 0 aliphatic heterocycles. The van der Waals surface area contributed by atoms with E-state index in [1.807, 2.05) is 24.3 Å². The highest BCUT2D eigenvalue weighted by molar-refractivity contribution is 5.80. The molecule has 0 aliphatic carbocycles. The summed E-state index contributed by atoms with van der Waals surface area (Å²) in [6.45, 7) is 0.726. The summed E-state index contributed by atoms with van der Waals surface area (Å²) in [6.07, 6.45) is -5.17. The third-order valence-corrected chi connectivity index (χ3v) is 5.56. The van der Waals surface area contributed by atoms with Crippen molar-refractivity contribution in [3.8, 4) is 22.5 Å². The molecule has 2 aromatic heterocycles. The minimum Gasteiger partial charge on any atom is -0.390 e. The van der Waals surface area contributed by atoms with Crippen LogP contribution in [-0.4, -0.2) is 41.5 Å². The second-order valence-corrected chi connectivity index (χ2v) is 7.88. The Morgan fingerprint density at radius 3 is 2.23 bits per heavy atom. The quantitative estimate of drug-likeness (QED) is 0.342. The first-order chi connectivity index (χ1) is 16.7. The maximum atomic E-state index is 14.1. The number of benzene rings is 2. The maximum absolute atomic E-state index is 14.1. The molecule has 4 aromatic rings. The van der Waals surface area contributed by atoms with Crippen molar-refractivity contribution in [2.45, 2.75) is 45.0 Å². The first-order valence-electron chi connectivity index (χ1n) is 10.7. The Kier molecular flexibility index (Phi) is 6.66. The van der Waals surface area contributed by atoms with E-state index in [-0.39, 0.29) is 18.8 Å². The molecule has 2 heterocycles. The number of aliphatic hydroxyl groups is 1. The third kappa shape index (κ3) is 4.65. The van der Waals surface area contributed by atoms with E-state index in [0.717, 1.165) is 16.7 Å². The van der Waals surface area contributed by atoms with Crippen molar-refractivity contribution in [3.63, 3.8) is 0 Å². The fraction of sp³-hybridized carbons (Fsp3) is 0.304. The number of hydrogen-bond acceptors (Lipinski definition) is 5. The van der Waals surface area contributed by atoms with Crippen LogP contribution in [0.5, 0.6) is 0 Å². The molecule has 0 radical (unpaired) electrons. The molecule has 0 bridgehead atoms. The molecule has 12 heteroatoms. The molecule has 2 N–H and O–H groups in total. The van der Waals surface area contributed by atoms with Gasteiger partial charge in [0.1, 0.15) is 11.5 Å². The molecule has 7 nitrogen and oxygen atoms in total. The van der Waals surface area contributed by atoms with Crippen molar-refractivity contribution in [1.82, 2.24) is 30.2 Å². The number of aryl methyl sites for hydroxylation is 1. The Morgan fingerprint density at radius 2 is 1.66 bits per heavy atom. The van der Waals surface area contributed by atoms with Crippen molar-refractivity contribution in [2.24, 2.45) is 0 Å². The van der Waals surface area contributed by atoms with Gasteiger partial charge in [0.05, 0.1) is 12.3 Å². The average molecular weight is 492 g/mol. The Bertz CT molecular complexity index is 1280. The summed E-state index contributed by atoms with van der Waals surface area (Å²) in [7, 11) is 0. The molecule has 2 aromatic carbocycles. The fourth-order valence-electron chi connectivity index (χ4n) is 3.87. The predicted octanol–water partition coefficient (Wildman–Crippen LogP) is 4.88. The van der Waals surface area contributed by atoms with Gasteiger partial charge in [-0.05, 0) is 33.5 Å². The number of aromatic amines is 1. The Labute approximate surface area is 196 Å². The summed E-state index contributed by atoms with van der Waals surface area (Å²) < 4.78 is 68.6. The van der Waals surface area contributed by atoms with Gasteiger partial charge in [-0.25, -0.2) is 10.1 Å².